The first-order chi connectivity index (χ1) is 5.65. The predicted molar refractivity (Wildman–Crippen MR) is 51.7 cm³/mol. The number of hydrogen-bond acceptors (Lipinski definition) is 2. The fraction of sp³-hybridized carbons (Fsp3) is 0.900. The van der Waals surface area contributed by atoms with Gasteiger partial charge in [0.05, 0.1) is 12.1 Å². The maximum absolute atomic E-state index is 8.60. The first-order valence-electron chi connectivity index (χ1n) is 4.81. The number of rotatable bonds is 5. The van der Waals surface area contributed by atoms with Gasteiger partial charge >= 0.3 is 0 Å². The first-order valence-corrected chi connectivity index (χ1v) is 4.81. The molecule has 0 aromatic rings. The normalized spacial score (nSPS) is 15.7. The lowest BCUT2D eigenvalue weighted by Gasteiger charge is -2.23. The van der Waals surface area contributed by atoms with Gasteiger partial charge in [-0.1, -0.05) is 26.7 Å². The van der Waals surface area contributed by atoms with Gasteiger partial charge in [-0.05, 0) is 19.8 Å². The van der Waals surface area contributed by atoms with Gasteiger partial charge in [0.1, 0.15) is 0 Å². The fourth-order valence-corrected chi connectivity index (χ4v) is 1.56. The number of nitrogens with zero attached hydrogens (tertiary/aromatic N) is 1. The molecule has 0 aliphatic rings. The second kappa shape index (κ2) is 6.02. The highest BCUT2D eigenvalue weighted by Crippen LogP contribution is 2.12. The van der Waals surface area contributed by atoms with Gasteiger partial charge in [0, 0.05) is 6.04 Å². The lowest BCUT2D eigenvalue weighted by molar-refractivity contribution is 0.345. The molecule has 12 heavy (non-hydrogen) atoms. The summed E-state index contributed by atoms with van der Waals surface area (Å²) < 4.78 is 0. The van der Waals surface area contributed by atoms with Crippen molar-refractivity contribution < 1.29 is 0 Å². The third kappa shape index (κ3) is 3.73. The van der Waals surface area contributed by atoms with E-state index in [4.69, 9.17) is 5.26 Å². The van der Waals surface area contributed by atoms with Crippen molar-refractivity contribution in [3.05, 3.63) is 0 Å². The third-order valence-corrected chi connectivity index (χ3v) is 2.46. The van der Waals surface area contributed by atoms with Crippen LogP contribution < -0.4 is 5.32 Å². The molecule has 0 heterocycles. The zero-order chi connectivity index (χ0) is 9.56. The van der Waals surface area contributed by atoms with Crippen LogP contribution in [0, 0.1) is 17.2 Å². The summed E-state index contributed by atoms with van der Waals surface area (Å²) in [5, 5.41) is 11.9. The minimum absolute atomic E-state index is 0.0272. The van der Waals surface area contributed by atoms with Crippen molar-refractivity contribution in [2.75, 3.05) is 0 Å². The fourth-order valence-electron chi connectivity index (χ4n) is 1.56. The molecule has 0 spiro atoms. The monoisotopic (exact) mass is 168 g/mol. The van der Waals surface area contributed by atoms with Crippen LogP contribution in [0.1, 0.15) is 40.5 Å². The van der Waals surface area contributed by atoms with Gasteiger partial charge < -0.3 is 0 Å². The Labute approximate surface area is 76.0 Å². The maximum atomic E-state index is 8.60. The lowest BCUT2D eigenvalue weighted by atomic mass is 9.95. The van der Waals surface area contributed by atoms with E-state index < -0.39 is 0 Å². The molecule has 0 rings (SSSR count). The highest BCUT2D eigenvalue weighted by atomic mass is 14.9. The molecule has 0 aromatic heterocycles. The smallest absolute Gasteiger partial charge is 0.0926 e. The van der Waals surface area contributed by atoms with E-state index in [2.05, 4.69) is 32.2 Å². The Morgan fingerprint density at radius 2 is 1.75 bits per heavy atom. The molecule has 0 radical (unpaired) electrons. The van der Waals surface area contributed by atoms with E-state index in [0.29, 0.717) is 12.0 Å². The molecular formula is C10H20N2. The topological polar surface area (TPSA) is 35.8 Å². The predicted octanol–water partition coefficient (Wildman–Crippen LogP) is 2.31. The van der Waals surface area contributed by atoms with Gasteiger partial charge in [-0.2, -0.15) is 5.26 Å². The van der Waals surface area contributed by atoms with Gasteiger partial charge in [0.15, 0.2) is 0 Å². The average molecular weight is 168 g/mol. The standard InChI is InChI=1S/C10H20N2/c1-5-10(6-2)9(4)12-8(3)7-11/h8-10,12H,5-6H2,1-4H3. The van der Waals surface area contributed by atoms with E-state index in [0.717, 1.165) is 0 Å². The molecule has 2 atom stereocenters. The van der Waals surface area contributed by atoms with Crippen molar-refractivity contribution in [2.45, 2.75) is 52.6 Å². The van der Waals surface area contributed by atoms with E-state index in [9.17, 15) is 0 Å². The molecule has 0 aromatic carbocycles. The summed E-state index contributed by atoms with van der Waals surface area (Å²) >= 11 is 0. The largest absolute Gasteiger partial charge is 0.299 e. The highest BCUT2D eigenvalue weighted by Gasteiger charge is 2.14. The quantitative estimate of drug-likeness (QED) is 0.683. The van der Waals surface area contributed by atoms with Gasteiger partial charge in [0.25, 0.3) is 0 Å². The minimum atomic E-state index is -0.0272. The molecule has 2 unspecified atom stereocenters. The molecule has 0 saturated heterocycles. The molecule has 0 fully saturated rings. The second-order valence-corrected chi connectivity index (χ2v) is 3.38. The molecule has 2 nitrogen and oxygen atoms in total. The van der Waals surface area contributed by atoms with Crippen LogP contribution in [0.5, 0.6) is 0 Å². The van der Waals surface area contributed by atoms with E-state index in [1.165, 1.54) is 12.8 Å². The Kier molecular flexibility index (Phi) is 5.74. The van der Waals surface area contributed by atoms with Crippen molar-refractivity contribution >= 4 is 0 Å². The van der Waals surface area contributed by atoms with Crippen LogP contribution in [0.25, 0.3) is 0 Å². The molecular weight excluding hydrogens is 148 g/mol. The average Bonchev–Trinajstić information content (AvgIpc) is 2.06. The van der Waals surface area contributed by atoms with Gasteiger partial charge in [0.2, 0.25) is 0 Å². The van der Waals surface area contributed by atoms with Crippen LogP contribution in [0.4, 0.5) is 0 Å². The molecule has 0 aliphatic heterocycles. The summed E-state index contributed by atoms with van der Waals surface area (Å²) in [6.45, 7) is 8.46. The van der Waals surface area contributed by atoms with Gasteiger partial charge in [-0.15, -0.1) is 0 Å². The van der Waals surface area contributed by atoms with E-state index in [-0.39, 0.29) is 6.04 Å². The molecule has 2 heteroatoms. The first kappa shape index (κ1) is 11.4. The Morgan fingerprint density at radius 3 is 2.08 bits per heavy atom. The van der Waals surface area contributed by atoms with Crippen LogP contribution in [0.3, 0.4) is 0 Å². The van der Waals surface area contributed by atoms with E-state index >= 15 is 0 Å². The van der Waals surface area contributed by atoms with Crippen LogP contribution in [0.2, 0.25) is 0 Å². The molecule has 1 N–H and O–H groups in total. The Bertz CT molecular complexity index is 144. The van der Waals surface area contributed by atoms with Crippen molar-refractivity contribution in [3.63, 3.8) is 0 Å². The molecule has 0 amide bonds. The third-order valence-electron chi connectivity index (χ3n) is 2.46. The summed E-state index contributed by atoms with van der Waals surface area (Å²) in [6, 6.07) is 2.61. The van der Waals surface area contributed by atoms with Crippen LogP contribution in [-0.4, -0.2) is 12.1 Å². The summed E-state index contributed by atoms with van der Waals surface area (Å²) in [7, 11) is 0. The number of hydrogen-bond donors (Lipinski definition) is 1. The minimum Gasteiger partial charge on any atom is -0.299 e. The van der Waals surface area contributed by atoms with Gasteiger partial charge in [-0.25, -0.2) is 0 Å². The summed E-state index contributed by atoms with van der Waals surface area (Å²) in [5.41, 5.74) is 0. The summed E-state index contributed by atoms with van der Waals surface area (Å²) in [4.78, 5) is 0. The molecule has 0 aliphatic carbocycles. The Balaban J connectivity index is 3.85. The maximum Gasteiger partial charge on any atom is 0.0926 e. The summed E-state index contributed by atoms with van der Waals surface area (Å²) in [5.74, 6) is 0.695. The molecule has 70 valence electrons. The van der Waals surface area contributed by atoms with Crippen LogP contribution >= 0.6 is 0 Å². The zero-order valence-corrected chi connectivity index (χ0v) is 8.59. The number of nitrogens with one attached hydrogen (secondary N) is 1. The van der Waals surface area contributed by atoms with Crippen molar-refractivity contribution in [1.82, 2.24) is 5.32 Å². The van der Waals surface area contributed by atoms with Crippen LogP contribution in [-0.2, 0) is 0 Å². The van der Waals surface area contributed by atoms with Gasteiger partial charge in [-0.3, -0.25) is 5.32 Å². The second-order valence-electron chi connectivity index (χ2n) is 3.38. The summed E-state index contributed by atoms with van der Waals surface area (Å²) in [6.07, 6.45) is 2.37. The van der Waals surface area contributed by atoms with Crippen LogP contribution in [0.15, 0.2) is 0 Å². The van der Waals surface area contributed by atoms with Crippen molar-refractivity contribution in [2.24, 2.45) is 5.92 Å². The highest BCUT2D eigenvalue weighted by molar-refractivity contribution is 4.88. The van der Waals surface area contributed by atoms with Crippen molar-refractivity contribution in [1.29, 1.82) is 5.26 Å². The van der Waals surface area contributed by atoms with E-state index in [1.807, 2.05) is 6.92 Å². The molecule has 0 bridgehead atoms. The molecule has 0 saturated carbocycles. The SMILES string of the molecule is CCC(CC)C(C)NC(C)C#N. The lowest BCUT2D eigenvalue weighted by Crippen LogP contribution is -2.38. The van der Waals surface area contributed by atoms with E-state index in [1.54, 1.807) is 0 Å². The Morgan fingerprint density at radius 1 is 1.25 bits per heavy atom. The van der Waals surface area contributed by atoms with Crippen molar-refractivity contribution in [3.8, 4) is 6.07 Å². The Hall–Kier alpha value is -0.550. The number of nitriles is 1. The zero-order valence-electron chi connectivity index (χ0n) is 8.59.